The quantitative estimate of drug-likeness (QED) is 0.491. The zero-order valence-corrected chi connectivity index (χ0v) is 7.95. The van der Waals surface area contributed by atoms with Crippen molar-refractivity contribution in [3.8, 4) is 0 Å². The largest absolute Gasteiger partial charge is 0.297 e. The summed E-state index contributed by atoms with van der Waals surface area (Å²) in [6, 6.07) is -0.488. The number of carbonyl (C=O) groups is 1. The van der Waals surface area contributed by atoms with Crippen molar-refractivity contribution in [1.29, 1.82) is 0 Å². The first-order chi connectivity index (χ1) is 6.24. The second-order valence-electron chi connectivity index (χ2n) is 3.72. The van der Waals surface area contributed by atoms with Gasteiger partial charge in [0, 0.05) is 6.42 Å². The molecule has 1 fully saturated rings. The van der Waals surface area contributed by atoms with Gasteiger partial charge in [0.05, 0.1) is 0 Å². The molecule has 0 aromatic carbocycles. The van der Waals surface area contributed by atoms with Crippen molar-refractivity contribution >= 4 is 11.9 Å². The van der Waals surface area contributed by atoms with Gasteiger partial charge >= 0.3 is 0 Å². The van der Waals surface area contributed by atoms with Crippen molar-refractivity contribution in [1.82, 2.24) is 0 Å². The Morgan fingerprint density at radius 3 is 2.69 bits per heavy atom. The van der Waals surface area contributed by atoms with Crippen LogP contribution in [0.2, 0.25) is 0 Å². The highest BCUT2D eigenvalue weighted by Gasteiger charge is 2.21. The average Bonchev–Trinajstić information content (AvgIpc) is 2.57. The van der Waals surface area contributed by atoms with Gasteiger partial charge in [-0.15, -0.1) is 0 Å². The predicted octanol–water partition coefficient (Wildman–Crippen LogP) is 1.86. The highest BCUT2D eigenvalue weighted by Crippen LogP contribution is 2.28. The lowest BCUT2D eigenvalue weighted by Crippen LogP contribution is -2.17. The van der Waals surface area contributed by atoms with Crippen LogP contribution in [0.25, 0.3) is 0 Å². The SMILES string of the molecule is C[C@H](N=C=O)C(=O)CC1CCCC1. The van der Waals surface area contributed by atoms with Crippen LogP contribution in [0, 0.1) is 5.92 Å². The molecule has 0 aromatic rings. The van der Waals surface area contributed by atoms with Gasteiger partial charge < -0.3 is 0 Å². The predicted molar refractivity (Wildman–Crippen MR) is 49.2 cm³/mol. The Balaban J connectivity index is 2.34. The maximum atomic E-state index is 11.4. The van der Waals surface area contributed by atoms with E-state index in [0.717, 1.165) is 12.8 Å². The summed E-state index contributed by atoms with van der Waals surface area (Å²) in [6.45, 7) is 1.65. The topological polar surface area (TPSA) is 46.5 Å². The molecule has 0 unspecified atom stereocenters. The molecule has 13 heavy (non-hydrogen) atoms. The number of ketones is 1. The van der Waals surface area contributed by atoms with Crippen LogP contribution in [0.4, 0.5) is 0 Å². The Morgan fingerprint density at radius 2 is 2.15 bits per heavy atom. The molecule has 3 heteroatoms. The van der Waals surface area contributed by atoms with Crippen molar-refractivity contribution in [2.75, 3.05) is 0 Å². The van der Waals surface area contributed by atoms with Crippen LogP contribution >= 0.6 is 0 Å². The van der Waals surface area contributed by atoms with Crippen LogP contribution in [0.3, 0.4) is 0 Å². The van der Waals surface area contributed by atoms with Crippen molar-refractivity contribution < 1.29 is 9.59 Å². The van der Waals surface area contributed by atoms with E-state index in [1.54, 1.807) is 6.92 Å². The Kier molecular flexibility index (Phi) is 3.84. The van der Waals surface area contributed by atoms with Gasteiger partial charge in [-0.25, -0.2) is 4.79 Å². The van der Waals surface area contributed by atoms with E-state index in [-0.39, 0.29) is 5.78 Å². The standard InChI is InChI=1S/C10H15NO2/c1-8(11-7-12)10(13)6-9-4-2-3-5-9/h8-9H,2-6H2,1H3/t8-/m0/s1. The third-order valence-corrected chi connectivity index (χ3v) is 2.68. The Bertz CT molecular complexity index is 225. The fraction of sp³-hybridized carbons (Fsp3) is 0.800. The van der Waals surface area contributed by atoms with Crippen molar-refractivity contribution in [3.05, 3.63) is 0 Å². The van der Waals surface area contributed by atoms with Gasteiger partial charge in [0.1, 0.15) is 6.04 Å². The van der Waals surface area contributed by atoms with Crippen molar-refractivity contribution in [2.45, 2.75) is 45.1 Å². The second-order valence-corrected chi connectivity index (χ2v) is 3.72. The maximum absolute atomic E-state index is 11.4. The Morgan fingerprint density at radius 1 is 1.54 bits per heavy atom. The van der Waals surface area contributed by atoms with Crippen molar-refractivity contribution in [3.63, 3.8) is 0 Å². The molecular formula is C10H15NO2. The summed E-state index contributed by atoms with van der Waals surface area (Å²) in [5.74, 6) is 0.618. The van der Waals surface area contributed by atoms with Crippen LogP contribution in [0.1, 0.15) is 39.0 Å². The molecule has 0 amide bonds. The molecule has 0 spiro atoms. The molecule has 0 N–H and O–H groups in total. The van der Waals surface area contributed by atoms with Gasteiger partial charge in [-0.2, -0.15) is 4.99 Å². The van der Waals surface area contributed by atoms with Gasteiger partial charge in [0.2, 0.25) is 6.08 Å². The van der Waals surface area contributed by atoms with E-state index < -0.39 is 6.04 Å². The third kappa shape index (κ3) is 3.11. The summed E-state index contributed by atoms with van der Waals surface area (Å²) in [4.78, 5) is 24.7. The molecule has 1 aliphatic carbocycles. The monoisotopic (exact) mass is 181 g/mol. The Hall–Kier alpha value is -0.950. The van der Waals surface area contributed by atoms with Crippen LogP contribution in [0.5, 0.6) is 0 Å². The maximum Gasteiger partial charge on any atom is 0.235 e. The molecule has 0 heterocycles. The summed E-state index contributed by atoms with van der Waals surface area (Å²) in [7, 11) is 0. The number of hydrogen-bond acceptors (Lipinski definition) is 3. The van der Waals surface area contributed by atoms with Crippen LogP contribution in [-0.4, -0.2) is 17.9 Å². The van der Waals surface area contributed by atoms with Gasteiger partial charge in [0.15, 0.2) is 5.78 Å². The van der Waals surface area contributed by atoms with E-state index in [1.165, 1.54) is 18.9 Å². The lowest BCUT2D eigenvalue weighted by atomic mass is 9.98. The molecular weight excluding hydrogens is 166 g/mol. The number of isocyanates is 1. The molecule has 1 aliphatic rings. The molecule has 3 nitrogen and oxygen atoms in total. The number of carbonyl (C=O) groups excluding carboxylic acids is 2. The van der Waals surface area contributed by atoms with Crippen LogP contribution in [-0.2, 0) is 9.59 Å². The van der Waals surface area contributed by atoms with E-state index in [2.05, 4.69) is 4.99 Å². The summed E-state index contributed by atoms with van der Waals surface area (Å²) in [5.41, 5.74) is 0. The van der Waals surface area contributed by atoms with E-state index in [1.807, 2.05) is 0 Å². The molecule has 0 radical (unpaired) electrons. The molecule has 1 atom stereocenters. The smallest absolute Gasteiger partial charge is 0.235 e. The van der Waals surface area contributed by atoms with Gasteiger partial charge in [0.25, 0.3) is 0 Å². The first-order valence-electron chi connectivity index (χ1n) is 4.83. The lowest BCUT2D eigenvalue weighted by molar-refractivity contribution is -0.120. The number of nitrogens with zero attached hydrogens (tertiary/aromatic N) is 1. The second kappa shape index (κ2) is 4.93. The Labute approximate surface area is 78.2 Å². The average molecular weight is 181 g/mol. The number of hydrogen-bond donors (Lipinski definition) is 0. The van der Waals surface area contributed by atoms with E-state index in [0.29, 0.717) is 12.3 Å². The molecule has 1 rings (SSSR count). The number of aliphatic imine (C=N–C) groups is 1. The summed E-state index contributed by atoms with van der Waals surface area (Å²) < 4.78 is 0. The molecule has 0 saturated heterocycles. The fourth-order valence-corrected chi connectivity index (χ4v) is 1.82. The summed E-state index contributed by atoms with van der Waals surface area (Å²) in [6.07, 6.45) is 6.81. The number of Topliss-reactive ketones (excluding diaryl/α,β-unsaturated/α-hetero) is 1. The van der Waals surface area contributed by atoms with Gasteiger partial charge in [-0.3, -0.25) is 4.79 Å². The summed E-state index contributed by atoms with van der Waals surface area (Å²) >= 11 is 0. The zero-order valence-electron chi connectivity index (χ0n) is 7.95. The first-order valence-corrected chi connectivity index (χ1v) is 4.83. The molecule has 1 saturated carbocycles. The van der Waals surface area contributed by atoms with E-state index in [4.69, 9.17) is 0 Å². The normalized spacial score (nSPS) is 19.5. The lowest BCUT2D eigenvalue weighted by Gasteiger charge is -2.08. The highest BCUT2D eigenvalue weighted by atomic mass is 16.1. The van der Waals surface area contributed by atoms with Crippen LogP contribution < -0.4 is 0 Å². The number of rotatable bonds is 4. The van der Waals surface area contributed by atoms with E-state index in [9.17, 15) is 9.59 Å². The minimum atomic E-state index is -0.488. The highest BCUT2D eigenvalue weighted by molar-refractivity contribution is 5.84. The van der Waals surface area contributed by atoms with Gasteiger partial charge in [-0.05, 0) is 12.8 Å². The van der Waals surface area contributed by atoms with E-state index >= 15 is 0 Å². The third-order valence-electron chi connectivity index (χ3n) is 2.68. The fourth-order valence-electron chi connectivity index (χ4n) is 1.82. The first kappa shape index (κ1) is 10.1. The molecule has 0 bridgehead atoms. The van der Waals surface area contributed by atoms with Gasteiger partial charge in [-0.1, -0.05) is 25.7 Å². The molecule has 72 valence electrons. The minimum absolute atomic E-state index is 0.0789. The van der Waals surface area contributed by atoms with Crippen molar-refractivity contribution in [2.24, 2.45) is 10.9 Å². The minimum Gasteiger partial charge on any atom is -0.297 e. The van der Waals surface area contributed by atoms with Crippen LogP contribution in [0.15, 0.2) is 4.99 Å². The molecule has 0 aromatic heterocycles. The zero-order chi connectivity index (χ0) is 9.68. The molecule has 0 aliphatic heterocycles. The summed E-state index contributed by atoms with van der Waals surface area (Å²) in [5, 5.41) is 0.